The van der Waals surface area contributed by atoms with Crippen molar-refractivity contribution in [1.29, 1.82) is 0 Å². The molecule has 1 aromatic carbocycles. The molecule has 0 aliphatic carbocycles. The van der Waals surface area contributed by atoms with Crippen molar-refractivity contribution in [2.45, 2.75) is 12.8 Å². The van der Waals surface area contributed by atoms with Gasteiger partial charge in [0.2, 0.25) is 5.88 Å². The van der Waals surface area contributed by atoms with E-state index in [4.69, 9.17) is 14.9 Å². The maximum absolute atomic E-state index is 12.7. The van der Waals surface area contributed by atoms with Gasteiger partial charge in [0, 0.05) is 6.07 Å². The van der Waals surface area contributed by atoms with Gasteiger partial charge in [-0.3, -0.25) is 0 Å². The summed E-state index contributed by atoms with van der Waals surface area (Å²) in [5, 5.41) is 17.9. The summed E-state index contributed by atoms with van der Waals surface area (Å²) < 4.78 is 43.3. The molecular weight excluding hydrogens is 303 g/mol. The second-order valence-electron chi connectivity index (χ2n) is 4.29. The lowest BCUT2D eigenvalue weighted by molar-refractivity contribution is -0.141. The molecule has 1 aromatic heterocycles. The van der Waals surface area contributed by atoms with Gasteiger partial charge in [-0.1, -0.05) is 12.1 Å². The van der Waals surface area contributed by atoms with Gasteiger partial charge in [0.25, 0.3) is 0 Å². The number of aromatic nitrogens is 1. The molecular formula is C14H10F3NO4. The van der Waals surface area contributed by atoms with E-state index in [0.29, 0.717) is 11.6 Å². The van der Waals surface area contributed by atoms with Crippen LogP contribution in [0.1, 0.15) is 21.6 Å². The van der Waals surface area contributed by atoms with Crippen molar-refractivity contribution in [2.24, 2.45) is 0 Å². The normalized spacial score (nSPS) is 11.3. The van der Waals surface area contributed by atoms with Crippen molar-refractivity contribution in [1.82, 2.24) is 4.98 Å². The molecule has 0 unspecified atom stereocenters. The summed E-state index contributed by atoms with van der Waals surface area (Å²) in [5.74, 6) is -1.89. The molecule has 0 amide bonds. The summed E-state index contributed by atoms with van der Waals surface area (Å²) in [6, 6.07) is 7.30. The molecule has 0 aliphatic rings. The lowest BCUT2D eigenvalue weighted by atomic mass is 10.2. The van der Waals surface area contributed by atoms with Crippen LogP contribution in [0.3, 0.4) is 0 Å². The van der Waals surface area contributed by atoms with E-state index < -0.39 is 29.3 Å². The Hall–Kier alpha value is -2.61. The van der Waals surface area contributed by atoms with Crippen LogP contribution >= 0.6 is 0 Å². The molecule has 2 rings (SSSR count). The van der Waals surface area contributed by atoms with E-state index in [-0.39, 0.29) is 12.4 Å². The Morgan fingerprint density at radius 2 is 1.95 bits per heavy atom. The standard InChI is InChI=1S/C14H10F3NO4/c15-14(16,17)11-5-9(13(20)21)6-12(18-11)22-10-3-1-2-8(4-10)7-19/h1-6,19H,7H2,(H,20,21). The maximum Gasteiger partial charge on any atom is 0.433 e. The van der Waals surface area contributed by atoms with Gasteiger partial charge in [0.05, 0.1) is 12.2 Å². The molecule has 22 heavy (non-hydrogen) atoms. The zero-order chi connectivity index (χ0) is 16.3. The summed E-state index contributed by atoms with van der Waals surface area (Å²) >= 11 is 0. The Labute approximate surface area is 122 Å². The number of rotatable bonds is 4. The average Bonchev–Trinajstić information content (AvgIpc) is 2.46. The van der Waals surface area contributed by atoms with Gasteiger partial charge in [-0.2, -0.15) is 13.2 Å². The molecule has 0 saturated carbocycles. The van der Waals surface area contributed by atoms with Crippen LogP contribution in [0.4, 0.5) is 13.2 Å². The topological polar surface area (TPSA) is 79.7 Å². The van der Waals surface area contributed by atoms with Crippen molar-refractivity contribution in [3.05, 3.63) is 53.2 Å². The lowest BCUT2D eigenvalue weighted by Crippen LogP contribution is -2.11. The zero-order valence-electron chi connectivity index (χ0n) is 11.0. The molecule has 2 aromatic rings. The highest BCUT2D eigenvalue weighted by Gasteiger charge is 2.34. The number of halogens is 3. The van der Waals surface area contributed by atoms with E-state index in [1.54, 1.807) is 6.07 Å². The number of alkyl halides is 3. The molecule has 0 bridgehead atoms. The zero-order valence-corrected chi connectivity index (χ0v) is 11.0. The molecule has 1 heterocycles. The Bertz CT molecular complexity index is 701. The van der Waals surface area contributed by atoms with Gasteiger partial charge in [0.1, 0.15) is 11.4 Å². The van der Waals surface area contributed by atoms with Crippen LogP contribution in [0.5, 0.6) is 11.6 Å². The molecule has 5 nitrogen and oxygen atoms in total. The fourth-order valence-electron chi connectivity index (χ4n) is 1.65. The van der Waals surface area contributed by atoms with E-state index in [0.717, 1.165) is 6.07 Å². The van der Waals surface area contributed by atoms with E-state index in [9.17, 15) is 18.0 Å². The van der Waals surface area contributed by atoms with Crippen LogP contribution in [0.25, 0.3) is 0 Å². The van der Waals surface area contributed by atoms with Crippen LogP contribution < -0.4 is 4.74 Å². The second kappa shape index (κ2) is 6.02. The second-order valence-corrected chi connectivity index (χ2v) is 4.29. The molecule has 0 aliphatic heterocycles. The third kappa shape index (κ3) is 3.73. The number of hydrogen-bond donors (Lipinski definition) is 2. The first kappa shape index (κ1) is 15.8. The number of carboxylic acid groups (broad SMARTS) is 1. The fraction of sp³-hybridized carbons (Fsp3) is 0.143. The summed E-state index contributed by atoms with van der Waals surface area (Å²) in [5.41, 5.74) is -1.46. The minimum Gasteiger partial charge on any atom is -0.478 e. The van der Waals surface area contributed by atoms with Crippen LogP contribution in [0.2, 0.25) is 0 Å². The number of aliphatic hydroxyl groups is 1. The van der Waals surface area contributed by atoms with E-state index in [1.807, 2.05) is 0 Å². The van der Waals surface area contributed by atoms with Gasteiger partial charge < -0.3 is 14.9 Å². The average molecular weight is 313 g/mol. The Morgan fingerprint density at radius 3 is 2.55 bits per heavy atom. The van der Waals surface area contributed by atoms with E-state index in [1.165, 1.54) is 18.2 Å². The highest BCUT2D eigenvalue weighted by atomic mass is 19.4. The third-order valence-electron chi connectivity index (χ3n) is 2.64. The van der Waals surface area contributed by atoms with Crippen molar-refractivity contribution in [3.63, 3.8) is 0 Å². The first-order valence-electron chi connectivity index (χ1n) is 6.00. The molecule has 0 saturated heterocycles. The van der Waals surface area contributed by atoms with Gasteiger partial charge in [-0.05, 0) is 23.8 Å². The smallest absolute Gasteiger partial charge is 0.433 e. The number of hydrogen-bond acceptors (Lipinski definition) is 4. The van der Waals surface area contributed by atoms with Crippen molar-refractivity contribution in [3.8, 4) is 11.6 Å². The Kier molecular flexibility index (Phi) is 4.32. The SMILES string of the molecule is O=C(O)c1cc(Oc2cccc(CO)c2)nc(C(F)(F)F)c1. The third-order valence-corrected chi connectivity index (χ3v) is 2.64. The Balaban J connectivity index is 2.41. The largest absolute Gasteiger partial charge is 0.478 e. The summed E-state index contributed by atoms with van der Waals surface area (Å²) in [7, 11) is 0. The minimum absolute atomic E-state index is 0.134. The molecule has 0 radical (unpaired) electrons. The predicted octanol–water partition coefficient (Wildman–Crippen LogP) is 3.08. The highest BCUT2D eigenvalue weighted by molar-refractivity contribution is 5.88. The number of nitrogens with zero attached hydrogens (tertiary/aromatic N) is 1. The molecule has 116 valence electrons. The highest BCUT2D eigenvalue weighted by Crippen LogP contribution is 2.31. The van der Waals surface area contributed by atoms with Crippen molar-refractivity contribution < 1.29 is 32.9 Å². The van der Waals surface area contributed by atoms with Crippen LogP contribution in [-0.2, 0) is 12.8 Å². The maximum atomic E-state index is 12.7. The quantitative estimate of drug-likeness (QED) is 0.906. The summed E-state index contributed by atoms with van der Waals surface area (Å²) in [6.45, 7) is -0.270. The van der Waals surface area contributed by atoms with Gasteiger partial charge >= 0.3 is 12.1 Å². The van der Waals surface area contributed by atoms with Gasteiger partial charge in [-0.25, -0.2) is 9.78 Å². The number of aromatic carboxylic acids is 1. The fourth-order valence-corrected chi connectivity index (χ4v) is 1.65. The molecule has 0 spiro atoms. The predicted molar refractivity (Wildman–Crippen MR) is 68.6 cm³/mol. The van der Waals surface area contributed by atoms with Crippen molar-refractivity contribution >= 4 is 5.97 Å². The summed E-state index contributed by atoms with van der Waals surface area (Å²) in [4.78, 5) is 14.2. The van der Waals surface area contributed by atoms with Crippen LogP contribution in [-0.4, -0.2) is 21.2 Å². The first-order valence-corrected chi connectivity index (χ1v) is 6.00. The number of pyridine rings is 1. The van der Waals surface area contributed by atoms with E-state index >= 15 is 0 Å². The number of carboxylic acids is 1. The first-order chi connectivity index (χ1) is 10.3. The minimum atomic E-state index is -4.80. The van der Waals surface area contributed by atoms with Crippen LogP contribution in [0, 0.1) is 0 Å². The van der Waals surface area contributed by atoms with Crippen molar-refractivity contribution in [2.75, 3.05) is 0 Å². The Morgan fingerprint density at radius 1 is 1.23 bits per heavy atom. The molecule has 0 atom stereocenters. The molecule has 0 fully saturated rings. The summed E-state index contributed by atoms with van der Waals surface area (Å²) in [6.07, 6.45) is -4.80. The molecule has 2 N–H and O–H groups in total. The number of carbonyl (C=O) groups is 1. The number of ether oxygens (including phenoxy) is 1. The van der Waals surface area contributed by atoms with Crippen LogP contribution in [0.15, 0.2) is 36.4 Å². The monoisotopic (exact) mass is 313 g/mol. The van der Waals surface area contributed by atoms with Gasteiger partial charge in [0.15, 0.2) is 0 Å². The molecule has 8 heteroatoms. The van der Waals surface area contributed by atoms with Gasteiger partial charge in [-0.15, -0.1) is 0 Å². The lowest BCUT2D eigenvalue weighted by Gasteiger charge is -2.11. The number of benzene rings is 1. The van der Waals surface area contributed by atoms with E-state index in [2.05, 4.69) is 4.98 Å². The number of aliphatic hydroxyl groups excluding tert-OH is 1.